The normalized spacial score (nSPS) is 17.6. The van der Waals surface area contributed by atoms with Crippen molar-refractivity contribution in [1.29, 1.82) is 0 Å². The highest BCUT2D eigenvalue weighted by Gasteiger charge is 2.16. The Labute approximate surface area is 110 Å². The number of nitrogens with zero attached hydrogens (tertiary/aromatic N) is 2. The number of hydrogen-bond donors (Lipinski definition) is 0. The fourth-order valence-corrected chi connectivity index (χ4v) is 2.91. The molecule has 1 saturated heterocycles. The molecule has 0 amide bonds. The van der Waals surface area contributed by atoms with Crippen molar-refractivity contribution in [1.82, 2.24) is 4.90 Å². The lowest BCUT2D eigenvalue weighted by atomic mass is 10.3. The van der Waals surface area contributed by atoms with Crippen molar-refractivity contribution in [3.8, 4) is 0 Å². The van der Waals surface area contributed by atoms with Gasteiger partial charge < -0.3 is 4.90 Å². The summed E-state index contributed by atoms with van der Waals surface area (Å²) in [7, 11) is 0. The molecule has 0 radical (unpaired) electrons. The molecule has 0 bridgehead atoms. The van der Waals surface area contributed by atoms with Crippen LogP contribution in [0.1, 0.15) is 34.1 Å². The summed E-state index contributed by atoms with van der Waals surface area (Å²) in [6, 6.07) is 5.06. The summed E-state index contributed by atoms with van der Waals surface area (Å²) in [6.07, 6.45) is 1.29. The van der Waals surface area contributed by atoms with E-state index in [4.69, 9.17) is 0 Å². The van der Waals surface area contributed by atoms with E-state index in [-0.39, 0.29) is 0 Å². The van der Waals surface area contributed by atoms with Crippen molar-refractivity contribution in [3.05, 3.63) is 17.5 Å². The topological polar surface area (TPSA) is 6.48 Å². The SMILES string of the molecule is CC.CC(C)N1CCCN(c2cccs2)CC1. The molecule has 0 saturated carbocycles. The van der Waals surface area contributed by atoms with Gasteiger partial charge in [-0.3, -0.25) is 4.90 Å². The van der Waals surface area contributed by atoms with Crippen LogP contribution in [0.2, 0.25) is 0 Å². The molecule has 0 aromatic carbocycles. The molecule has 0 N–H and O–H groups in total. The average molecular weight is 254 g/mol. The van der Waals surface area contributed by atoms with Crippen LogP contribution < -0.4 is 4.90 Å². The van der Waals surface area contributed by atoms with Gasteiger partial charge in [0.05, 0.1) is 5.00 Å². The fraction of sp³-hybridized carbons (Fsp3) is 0.714. The maximum atomic E-state index is 2.58. The molecule has 2 nitrogen and oxygen atoms in total. The van der Waals surface area contributed by atoms with Crippen molar-refractivity contribution >= 4 is 16.3 Å². The Morgan fingerprint density at radius 1 is 1.12 bits per heavy atom. The molecule has 1 aliphatic rings. The van der Waals surface area contributed by atoms with Crippen molar-refractivity contribution in [2.75, 3.05) is 31.1 Å². The van der Waals surface area contributed by atoms with Gasteiger partial charge in [0.1, 0.15) is 0 Å². The Balaban J connectivity index is 0.000000686. The molecule has 0 aliphatic carbocycles. The predicted octanol–water partition coefficient (Wildman–Crippen LogP) is 3.69. The van der Waals surface area contributed by atoms with E-state index >= 15 is 0 Å². The molecule has 2 heterocycles. The van der Waals surface area contributed by atoms with Crippen LogP contribution in [-0.4, -0.2) is 37.1 Å². The fourth-order valence-electron chi connectivity index (χ4n) is 2.12. The standard InChI is InChI=1S/C12H20N2S.C2H6/c1-11(2)13-6-4-7-14(9-8-13)12-5-3-10-15-12;1-2/h3,5,10-11H,4,6-9H2,1-2H3;1-2H3. The zero-order valence-electron chi connectivity index (χ0n) is 11.6. The third kappa shape index (κ3) is 4.32. The van der Waals surface area contributed by atoms with E-state index < -0.39 is 0 Å². The van der Waals surface area contributed by atoms with Gasteiger partial charge in [-0.05, 0) is 37.8 Å². The van der Waals surface area contributed by atoms with Gasteiger partial charge >= 0.3 is 0 Å². The molecule has 1 aromatic heterocycles. The molecule has 98 valence electrons. The summed E-state index contributed by atoms with van der Waals surface area (Å²) in [5.41, 5.74) is 0. The van der Waals surface area contributed by atoms with Crippen LogP contribution in [0.15, 0.2) is 17.5 Å². The molecule has 1 aromatic rings. The van der Waals surface area contributed by atoms with E-state index in [0.717, 1.165) is 0 Å². The first-order valence-corrected chi connectivity index (χ1v) is 7.68. The van der Waals surface area contributed by atoms with Crippen molar-refractivity contribution in [3.63, 3.8) is 0 Å². The second-order valence-electron chi connectivity index (χ2n) is 4.42. The van der Waals surface area contributed by atoms with Crippen LogP contribution in [0.5, 0.6) is 0 Å². The van der Waals surface area contributed by atoms with Gasteiger partial charge in [-0.15, -0.1) is 11.3 Å². The minimum absolute atomic E-state index is 0.688. The van der Waals surface area contributed by atoms with Crippen LogP contribution in [0.4, 0.5) is 5.00 Å². The Hall–Kier alpha value is -0.540. The highest BCUT2D eigenvalue weighted by Crippen LogP contribution is 2.22. The lowest BCUT2D eigenvalue weighted by molar-refractivity contribution is 0.238. The maximum absolute atomic E-state index is 2.58. The van der Waals surface area contributed by atoms with Crippen LogP contribution in [-0.2, 0) is 0 Å². The largest absolute Gasteiger partial charge is 0.362 e. The molecule has 0 spiro atoms. The molecule has 1 aliphatic heterocycles. The minimum atomic E-state index is 0.688. The molecule has 1 fully saturated rings. The number of thiophene rings is 1. The van der Waals surface area contributed by atoms with Crippen LogP contribution in [0.3, 0.4) is 0 Å². The summed E-state index contributed by atoms with van der Waals surface area (Å²) < 4.78 is 0. The Morgan fingerprint density at radius 3 is 2.47 bits per heavy atom. The number of anilines is 1. The quantitative estimate of drug-likeness (QED) is 0.794. The molecular formula is C14H26N2S. The molecular weight excluding hydrogens is 228 g/mol. The van der Waals surface area contributed by atoms with Gasteiger partial charge in [-0.2, -0.15) is 0 Å². The van der Waals surface area contributed by atoms with Gasteiger partial charge in [0.15, 0.2) is 0 Å². The van der Waals surface area contributed by atoms with Crippen LogP contribution >= 0.6 is 11.3 Å². The smallest absolute Gasteiger partial charge is 0.0908 e. The summed E-state index contributed by atoms with van der Waals surface area (Å²) in [6.45, 7) is 13.4. The van der Waals surface area contributed by atoms with Gasteiger partial charge in [0.25, 0.3) is 0 Å². The zero-order valence-corrected chi connectivity index (χ0v) is 12.5. The first-order chi connectivity index (χ1) is 8.27. The van der Waals surface area contributed by atoms with Crippen molar-refractivity contribution in [2.24, 2.45) is 0 Å². The first kappa shape index (κ1) is 14.5. The summed E-state index contributed by atoms with van der Waals surface area (Å²) in [5, 5.41) is 3.60. The van der Waals surface area contributed by atoms with Gasteiger partial charge in [-0.25, -0.2) is 0 Å². The van der Waals surface area contributed by atoms with Crippen molar-refractivity contribution < 1.29 is 0 Å². The molecule has 2 rings (SSSR count). The highest BCUT2D eigenvalue weighted by atomic mass is 32.1. The van der Waals surface area contributed by atoms with E-state index in [1.807, 2.05) is 25.2 Å². The first-order valence-electron chi connectivity index (χ1n) is 6.80. The van der Waals surface area contributed by atoms with Gasteiger partial charge in [0, 0.05) is 32.2 Å². The molecule has 3 heteroatoms. The second kappa shape index (κ2) is 7.72. The monoisotopic (exact) mass is 254 g/mol. The summed E-state index contributed by atoms with van der Waals surface area (Å²) in [5.74, 6) is 0. The molecule has 0 atom stereocenters. The van der Waals surface area contributed by atoms with E-state index in [1.165, 1.54) is 37.6 Å². The average Bonchev–Trinajstić information content (AvgIpc) is 2.76. The lowest BCUT2D eigenvalue weighted by Gasteiger charge is -2.25. The van der Waals surface area contributed by atoms with E-state index in [1.54, 1.807) is 0 Å². The maximum Gasteiger partial charge on any atom is 0.0908 e. The lowest BCUT2D eigenvalue weighted by Crippen LogP contribution is -2.34. The van der Waals surface area contributed by atoms with Crippen LogP contribution in [0.25, 0.3) is 0 Å². The van der Waals surface area contributed by atoms with E-state index in [0.29, 0.717) is 6.04 Å². The Bertz CT molecular complexity index is 282. The van der Waals surface area contributed by atoms with Gasteiger partial charge in [0.2, 0.25) is 0 Å². The van der Waals surface area contributed by atoms with E-state index in [2.05, 4.69) is 41.2 Å². The Kier molecular flexibility index (Phi) is 6.60. The third-order valence-electron chi connectivity index (χ3n) is 3.08. The van der Waals surface area contributed by atoms with Crippen molar-refractivity contribution in [2.45, 2.75) is 40.2 Å². The molecule has 0 unspecified atom stereocenters. The van der Waals surface area contributed by atoms with E-state index in [9.17, 15) is 0 Å². The third-order valence-corrected chi connectivity index (χ3v) is 4.01. The minimum Gasteiger partial charge on any atom is -0.362 e. The number of hydrogen-bond acceptors (Lipinski definition) is 3. The number of rotatable bonds is 2. The molecule has 17 heavy (non-hydrogen) atoms. The predicted molar refractivity (Wildman–Crippen MR) is 79.2 cm³/mol. The second-order valence-corrected chi connectivity index (χ2v) is 5.35. The Morgan fingerprint density at radius 2 is 1.88 bits per heavy atom. The highest BCUT2D eigenvalue weighted by molar-refractivity contribution is 7.14. The van der Waals surface area contributed by atoms with Crippen LogP contribution in [0, 0.1) is 0 Å². The zero-order chi connectivity index (χ0) is 12.7. The van der Waals surface area contributed by atoms with Gasteiger partial charge in [-0.1, -0.05) is 13.8 Å². The summed E-state index contributed by atoms with van der Waals surface area (Å²) >= 11 is 1.86. The summed E-state index contributed by atoms with van der Waals surface area (Å²) in [4.78, 5) is 5.10.